The highest BCUT2D eigenvalue weighted by atomic mass is 19.1. The van der Waals surface area contributed by atoms with Gasteiger partial charge >= 0.3 is 0 Å². The molecule has 0 bridgehead atoms. The number of Topliss-reactive ketones (excluding diaryl/α,β-unsaturated/α-hetero) is 1. The molecule has 0 aromatic heterocycles. The third kappa shape index (κ3) is 2.39. The maximum atomic E-state index is 13.0. The van der Waals surface area contributed by atoms with E-state index in [0.717, 1.165) is 5.56 Å². The number of benzene rings is 1. The Hall–Kier alpha value is -1.22. The topological polar surface area (TPSA) is 43.1 Å². The van der Waals surface area contributed by atoms with E-state index in [1.807, 2.05) is 6.92 Å². The molecule has 1 aromatic carbocycles. The van der Waals surface area contributed by atoms with Crippen LogP contribution in [-0.4, -0.2) is 11.8 Å². The van der Waals surface area contributed by atoms with Crippen molar-refractivity contribution in [3.8, 4) is 0 Å². The van der Waals surface area contributed by atoms with E-state index in [1.54, 1.807) is 13.0 Å². The Balaban J connectivity index is 3.01. The minimum Gasteiger partial charge on any atom is -0.321 e. The molecule has 0 saturated carbocycles. The van der Waals surface area contributed by atoms with Crippen molar-refractivity contribution in [1.29, 1.82) is 0 Å². The standard InChI is InChI=1S/C11H14FNO/c1-3-10(13)11(14)8-4-7(2)5-9(12)6-8/h4-6,10H,3,13H2,1-2H3. The second-order valence-corrected chi connectivity index (χ2v) is 3.40. The van der Waals surface area contributed by atoms with Gasteiger partial charge in [-0.3, -0.25) is 4.79 Å². The molecule has 1 aromatic rings. The van der Waals surface area contributed by atoms with Crippen LogP contribution in [0.5, 0.6) is 0 Å². The first kappa shape index (κ1) is 10.9. The lowest BCUT2D eigenvalue weighted by atomic mass is 10.0. The first-order chi connectivity index (χ1) is 6.54. The largest absolute Gasteiger partial charge is 0.321 e. The fourth-order valence-electron chi connectivity index (χ4n) is 1.28. The number of halogens is 1. The molecule has 1 rings (SSSR count). The molecule has 0 amide bonds. The molecule has 0 aliphatic carbocycles. The Morgan fingerprint density at radius 2 is 2.14 bits per heavy atom. The molecule has 0 spiro atoms. The lowest BCUT2D eigenvalue weighted by Gasteiger charge is -2.08. The van der Waals surface area contributed by atoms with Crippen LogP contribution >= 0.6 is 0 Å². The maximum Gasteiger partial charge on any atom is 0.179 e. The van der Waals surface area contributed by atoms with Crippen LogP contribution < -0.4 is 5.73 Å². The summed E-state index contributed by atoms with van der Waals surface area (Å²) >= 11 is 0. The molecule has 3 heteroatoms. The van der Waals surface area contributed by atoms with Crippen molar-refractivity contribution in [2.45, 2.75) is 26.3 Å². The normalized spacial score (nSPS) is 12.6. The van der Waals surface area contributed by atoms with Crippen LogP contribution in [-0.2, 0) is 0 Å². The molecule has 0 fully saturated rings. The van der Waals surface area contributed by atoms with Gasteiger partial charge < -0.3 is 5.73 Å². The zero-order valence-electron chi connectivity index (χ0n) is 8.38. The van der Waals surface area contributed by atoms with E-state index in [-0.39, 0.29) is 5.78 Å². The fraction of sp³-hybridized carbons (Fsp3) is 0.364. The molecule has 0 heterocycles. The molecular weight excluding hydrogens is 181 g/mol. The summed E-state index contributed by atoms with van der Waals surface area (Å²) in [7, 11) is 0. The Bertz CT molecular complexity index is 329. The smallest absolute Gasteiger partial charge is 0.179 e. The molecule has 1 unspecified atom stereocenters. The number of hydrogen-bond donors (Lipinski definition) is 1. The highest BCUT2D eigenvalue weighted by molar-refractivity contribution is 6.00. The summed E-state index contributed by atoms with van der Waals surface area (Å²) in [5.74, 6) is -0.591. The second kappa shape index (κ2) is 4.33. The van der Waals surface area contributed by atoms with Crippen LogP contribution in [0.4, 0.5) is 4.39 Å². The van der Waals surface area contributed by atoms with E-state index in [4.69, 9.17) is 5.73 Å². The minimum atomic E-state index is -0.531. The number of ketones is 1. The van der Waals surface area contributed by atoms with Crippen LogP contribution in [0.2, 0.25) is 0 Å². The van der Waals surface area contributed by atoms with Gasteiger partial charge in [-0.1, -0.05) is 6.92 Å². The summed E-state index contributed by atoms with van der Waals surface area (Å²) in [6.45, 7) is 3.58. The summed E-state index contributed by atoms with van der Waals surface area (Å²) in [5, 5.41) is 0. The number of carbonyl (C=O) groups is 1. The van der Waals surface area contributed by atoms with Crippen LogP contribution in [0, 0.1) is 12.7 Å². The number of carbonyl (C=O) groups excluding carboxylic acids is 1. The van der Waals surface area contributed by atoms with Gasteiger partial charge in [0, 0.05) is 5.56 Å². The average molecular weight is 195 g/mol. The number of rotatable bonds is 3. The van der Waals surface area contributed by atoms with Gasteiger partial charge in [0.05, 0.1) is 6.04 Å². The molecule has 76 valence electrons. The van der Waals surface area contributed by atoms with E-state index in [1.165, 1.54) is 12.1 Å². The van der Waals surface area contributed by atoms with Crippen molar-refractivity contribution in [3.63, 3.8) is 0 Å². The molecule has 2 N–H and O–H groups in total. The molecule has 0 saturated heterocycles. The molecule has 14 heavy (non-hydrogen) atoms. The SMILES string of the molecule is CCC(N)C(=O)c1cc(C)cc(F)c1. The zero-order chi connectivity index (χ0) is 10.7. The van der Waals surface area contributed by atoms with Gasteiger partial charge in [-0.25, -0.2) is 4.39 Å². The van der Waals surface area contributed by atoms with Crippen molar-refractivity contribution in [2.24, 2.45) is 5.73 Å². The lowest BCUT2D eigenvalue weighted by Crippen LogP contribution is -2.29. The highest BCUT2D eigenvalue weighted by Crippen LogP contribution is 2.10. The van der Waals surface area contributed by atoms with Crippen molar-refractivity contribution >= 4 is 5.78 Å². The van der Waals surface area contributed by atoms with Crippen LogP contribution in [0.1, 0.15) is 29.3 Å². The predicted octanol–water partition coefficient (Wildman–Crippen LogP) is 2.05. The number of nitrogens with two attached hydrogens (primary N) is 1. The minimum absolute atomic E-state index is 0.199. The quantitative estimate of drug-likeness (QED) is 0.750. The summed E-state index contributed by atoms with van der Waals surface area (Å²) in [5.41, 5.74) is 6.67. The molecule has 0 aliphatic rings. The number of hydrogen-bond acceptors (Lipinski definition) is 2. The Morgan fingerprint density at radius 3 is 2.64 bits per heavy atom. The summed E-state index contributed by atoms with van der Waals surface area (Å²) < 4.78 is 13.0. The van der Waals surface area contributed by atoms with E-state index in [0.29, 0.717) is 12.0 Å². The van der Waals surface area contributed by atoms with E-state index < -0.39 is 11.9 Å². The molecule has 2 nitrogen and oxygen atoms in total. The number of aryl methyl sites for hydroxylation is 1. The van der Waals surface area contributed by atoms with Gasteiger partial charge in [-0.2, -0.15) is 0 Å². The van der Waals surface area contributed by atoms with Crippen molar-refractivity contribution in [3.05, 3.63) is 35.1 Å². The summed E-state index contributed by atoms with van der Waals surface area (Å²) in [4.78, 5) is 11.6. The van der Waals surface area contributed by atoms with Crippen molar-refractivity contribution in [2.75, 3.05) is 0 Å². The summed E-state index contributed by atoms with van der Waals surface area (Å²) in [6, 6.07) is 3.73. The van der Waals surface area contributed by atoms with Gasteiger partial charge in [-0.15, -0.1) is 0 Å². The molecule has 1 atom stereocenters. The third-order valence-electron chi connectivity index (χ3n) is 2.10. The average Bonchev–Trinajstić information content (AvgIpc) is 2.14. The molecular formula is C11H14FNO. The van der Waals surface area contributed by atoms with Crippen LogP contribution in [0.3, 0.4) is 0 Å². The molecule has 0 aliphatic heterocycles. The zero-order valence-corrected chi connectivity index (χ0v) is 8.38. The van der Waals surface area contributed by atoms with Crippen molar-refractivity contribution < 1.29 is 9.18 Å². The summed E-state index contributed by atoms with van der Waals surface area (Å²) in [6.07, 6.45) is 0.564. The maximum absolute atomic E-state index is 13.0. The highest BCUT2D eigenvalue weighted by Gasteiger charge is 2.14. The van der Waals surface area contributed by atoms with Gasteiger partial charge in [0.2, 0.25) is 0 Å². The van der Waals surface area contributed by atoms with Gasteiger partial charge in [-0.05, 0) is 37.1 Å². The monoisotopic (exact) mass is 195 g/mol. The third-order valence-corrected chi connectivity index (χ3v) is 2.10. The van der Waals surface area contributed by atoms with E-state index in [2.05, 4.69) is 0 Å². The van der Waals surface area contributed by atoms with E-state index in [9.17, 15) is 9.18 Å². The van der Waals surface area contributed by atoms with Crippen LogP contribution in [0.25, 0.3) is 0 Å². The van der Waals surface area contributed by atoms with E-state index >= 15 is 0 Å². The first-order valence-electron chi connectivity index (χ1n) is 4.61. The second-order valence-electron chi connectivity index (χ2n) is 3.40. The van der Waals surface area contributed by atoms with Crippen molar-refractivity contribution in [1.82, 2.24) is 0 Å². The lowest BCUT2D eigenvalue weighted by molar-refractivity contribution is 0.0959. The first-order valence-corrected chi connectivity index (χ1v) is 4.61. The van der Waals surface area contributed by atoms with Crippen LogP contribution in [0.15, 0.2) is 18.2 Å². The predicted molar refractivity (Wildman–Crippen MR) is 53.7 cm³/mol. The molecule has 0 radical (unpaired) electrons. The Kier molecular flexibility index (Phi) is 3.36. The Morgan fingerprint density at radius 1 is 1.50 bits per heavy atom. The Labute approximate surface area is 82.9 Å². The van der Waals surface area contributed by atoms with Gasteiger partial charge in [0.15, 0.2) is 5.78 Å². The fourth-order valence-corrected chi connectivity index (χ4v) is 1.28. The van der Waals surface area contributed by atoms with Gasteiger partial charge in [0.1, 0.15) is 5.82 Å². The van der Waals surface area contributed by atoms with Gasteiger partial charge in [0.25, 0.3) is 0 Å².